The summed E-state index contributed by atoms with van der Waals surface area (Å²) in [5.41, 5.74) is 1.35. The number of thiazole rings is 1. The molecule has 0 atom stereocenters. The second-order valence-electron chi connectivity index (χ2n) is 4.09. The standard InChI is InChI=1S/C11H12N4O2S.ClH/c1-6-4-8(15-17-6)10(16)14-11-13-7-2-3-12-5-9(7)18-11;/h4,12H,2-3,5H2,1H3,(H,13,14,16);1H. The van der Waals surface area contributed by atoms with Crippen LogP contribution < -0.4 is 10.6 Å². The van der Waals surface area contributed by atoms with Crippen LogP contribution in [-0.2, 0) is 13.0 Å². The van der Waals surface area contributed by atoms with Gasteiger partial charge in [0.1, 0.15) is 5.76 Å². The summed E-state index contributed by atoms with van der Waals surface area (Å²) in [6.45, 7) is 3.51. The van der Waals surface area contributed by atoms with Crippen LogP contribution in [0.4, 0.5) is 5.13 Å². The molecule has 6 nitrogen and oxygen atoms in total. The molecule has 1 aliphatic heterocycles. The molecule has 19 heavy (non-hydrogen) atoms. The van der Waals surface area contributed by atoms with Crippen molar-refractivity contribution in [3.05, 3.63) is 28.1 Å². The third-order valence-corrected chi connectivity index (χ3v) is 3.70. The van der Waals surface area contributed by atoms with Crippen LogP contribution >= 0.6 is 23.7 Å². The third kappa shape index (κ3) is 2.94. The van der Waals surface area contributed by atoms with Gasteiger partial charge in [-0.2, -0.15) is 0 Å². The van der Waals surface area contributed by atoms with Gasteiger partial charge in [0.25, 0.3) is 5.91 Å². The lowest BCUT2D eigenvalue weighted by atomic mass is 10.2. The highest BCUT2D eigenvalue weighted by Crippen LogP contribution is 2.25. The molecule has 1 amide bonds. The Labute approximate surface area is 120 Å². The normalized spacial score (nSPS) is 13.5. The number of hydrogen-bond donors (Lipinski definition) is 2. The zero-order chi connectivity index (χ0) is 12.5. The molecule has 0 unspecified atom stereocenters. The van der Waals surface area contributed by atoms with Gasteiger partial charge >= 0.3 is 0 Å². The third-order valence-electron chi connectivity index (χ3n) is 2.68. The predicted molar refractivity (Wildman–Crippen MR) is 74.0 cm³/mol. The molecule has 0 bridgehead atoms. The lowest BCUT2D eigenvalue weighted by Crippen LogP contribution is -2.22. The zero-order valence-corrected chi connectivity index (χ0v) is 11.9. The smallest absolute Gasteiger partial charge is 0.279 e. The number of nitrogens with zero attached hydrogens (tertiary/aromatic N) is 2. The number of fused-ring (bicyclic) bond motifs is 1. The highest BCUT2D eigenvalue weighted by Gasteiger charge is 2.17. The van der Waals surface area contributed by atoms with Crippen molar-refractivity contribution in [3.63, 3.8) is 0 Å². The van der Waals surface area contributed by atoms with Gasteiger partial charge in [-0.1, -0.05) is 5.16 Å². The first-order chi connectivity index (χ1) is 8.72. The van der Waals surface area contributed by atoms with Crippen LogP contribution in [0.1, 0.15) is 26.8 Å². The van der Waals surface area contributed by atoms with E-state index in [9.17, 15) is 4.79 Å². The number of carbonyl (C=O) groups is 1. The maximum atomic E-state index is 11.9. The molecule has 3 rings (SSSR count). The van der Waals surface area contributed by atoms with E-state index in [2.05, 4.69) is 20.8 Å². The van der Waals surface area contributed by atoms with Crippen molar-refractivity contribution >= 4 is 34.8 Å². The fourth-order valence-corrected chi connectivity index (χ4v) is 2.79. The molecular weight excluding hydrogens is 288 g/mol. The summed E-state index contributed by atoms with van der Waals surface area (Å²) in [7, 11) is 0. The number of rotatable bonds is 2. The Morgan fingerprint density at radius 2 is 2.42 bits per heavy atom. The van der Waals surface area contributed by atoms with Crippen LogP contribution in [0.2, 0.25) is 0 Å². The molecule has 8 heteroatoms. The van der Waals surface area contributed by atoms with Crippen LogP contribution in [0.25, 0.3) is 0 Å². The van der Waals surface area contributed by atoms with E-state index in [4.69, 9.17) is 4.52 Å². The lowest BCUT2D eigenvalue weighted by Gasteiger charge is -2.09. The Balaban J connectivity index is 0.00000133. The van der Waals surface area contributed by atoms with Gasteiger partial charge in [0.2, 0.25) is 0 Å². The lowest BCUT2D eigenvalue weighted by molar-refractivity contribution is 0.101. The van der Waals surface area contributed by atoms with Crippen LogP contribution in [-0.4, -0.2) is 22.6 Å². The summed E-state index contributed by atoms with van der Waals surface area (Å²) >= 11 is 1.50. The minimum Gasteiger partial charge on any atom is -0.361 e. The molecule has 0 radical (unpaired) electrons. The van der Waals surface area contributed by atoms with Crippen molar-refractivity contribution in [1.29, 1.82) is 0 Å². The van der Waals surface area contributed by atoms with E-state index in [1.54, 1.807) is 13.0 Å². The number of carbonyl (C=O) groups excluding carboxylic acids is 1. The number of anilines is 1. The Hall–Kier alpha value is -1.44. The van der Waals surface area contributed by atoms with E-state index in [0.29, 0.717) is 10.9 Å². The average molecular weight is 301 g/mol. The molecule has 0 fully saturated rings. The van der Waals surface area contributed by atoms with E-state index in [1.165, 1.54) is 16.2 Å². The quantitative estimate of drug-likeness (QED) is 0.883. The first-order valence-electron chi connectivity index (χ1n) is 5.66. The van der Waals surface area contributed by atoms with Crippen LogP contribution in [0.15, 0.2) is 10.6 Å². The van der Waals surface area contributed by atoms with E-state index >= 15 is 0 Å². The average Bonchev–Trinajstić information content (AvgIpc) is 2.94. The molecule has 0 aliphatic carbocycles. The van der Waals surface area contributed by atoms with Gasteiger partial charge in [0, 0.05) is 30.5 Å². The van der Waals surface area contributed by atoms with Gasteiger partial charge < -0.3 is 9.84 Å². The number of amides is 1. The Morgan fingerprint density at radius 3 is 3.11 bits per heavy atom. The Kier molecular flexibility index (Phi) is 4.18. The number of hydrogen-bond acceptors (Lipinski definition) is 6. The SMILES string of the molecule is Cc1cc(C(=O)Nc2nc3c(s2)CNCC3)no1.Cl. The summed E-state index contributed by atoms with van der Waals surface area (Å²) in [6.07, 6.45) is 0.908. The molecule has 2 aromatic heterocycles. The molecule has 2 aromatic rings. The molecule has 0 spiro atoms. The van der Waals surface area contributed by atoms with E-state index in [0.717, 1.165) is 25.2 Å². The maximum absolute atomic E-state index is 11.9. The molecular formula is C11H13ClN4O2S. The highest BCUT2D eigenvalue weighted by atomic mass is 35.5. The minimum atomic E-state index is -0.286. The van der Waals surface area contributed by atoms with E-state index < -0.39 is 0 Å². The Morgan fingerprint density at radius 1 is 1.58 bits per heavy atom. The first kappa shape index (κ1) is 14.0. The summed E-state index contributed by atoms with van der Waals surface area (Å²) in [4.78, 5) is 17.5. The summed E-state index contributed by atoms with van der Waals surface area (Å²) < 4.78 is 4.87. The second-order valence-corrected chi connectivity index (χ2v) is 5.18. The minimum absolute atomic E-state index is 0. The summed E-state index contributed by atoms with van der Waals surface area (Å²) in [6, 6.07) is 1.60. The predicted octanol–water partition coefficient (Wildman–Crippen LogP) is 1.76. The van der Waals surface area contributed by atoms with Crippen LogP contribution in [0.5, 0.6) is 0 Å². The van der Waals surface area contributed by atoms with Gasteiger partial charge in [-0.3, -0.25) is 10.1 Å². The number of nitrogens with one attached hydrogen (secondary N) is 2. The molecule has 3 heterocycles. The highest BCUT2D eigenvalue weighted by molar-refractivity contribution is 7.15. The van der Waals surface area contributed by atoms with E-state index in [-0.39, 0.29) is 24.0 Å². The molecule has 0 saturated heterocycles. The maximum Gasteiger partial charge on any atom is 0.279 e. The largest absolute Gasteiger partial charge is 0.361 e. The van der Waals surface area contributed by atoms with Gasteiger partial charge in [-0.05, 0) is 6.92 Å². The van der Waals surface area contributed by atoms with Crippen molar-refractivity contribution in [2.24, 2.45) is 0 Å². The first-order valence-corrected chi connectivity index (χ1v) is 6.48. The monoisotopic (exact) mass is 300 g/mol. The van der Waals surface area contributed by atoms with Gasteiger partial charge in [0.05, 0.1) is 5.69 Å². The molecule has 0 aromatic carbocycles. The fraction of sp³-hybridized carbons (Fsp3) is 0.364. The number of aryl methyl sites for hydroxylation is 1. The van der Waals surface area contributed by atoms with E-state index in [1.807, 2.05) is 0 Å². The summed E-state index contributed by atoms with van der Waals surface area (Å²) in [5.74, 6) is 0.327. The molecule has 2 N–H and O–H groups in total. The van der Waals surface area contributed by atoms with Crippen LogP contribution in [0, 0.1) is 6.92 Å². The van der Waals surface area contributed by atoms with Gasteiger partial charge in [-0.15, -0.1) is 23.7 Å². The van der Waals surface area contributed by atoms with Gasteiger partial charge in [-0.25, -0.2) is 4.98 Å². The van der Waals surface area contributed by atoms with Crippen LogP contribution in [0.3, 0.4) is 0 Å². The number of aromatic nitrogens is 2. The second kappa shape index (κ2) is 5.68. The van der Waals surface area contributed by atoms with Crippen molar-refractivity contribution in [3.8, 4) is 0 Å². The topological polar surface area (TPSA) is 80.0 Å². The Bertz CT molecular complexity index is 572. The number of halogens is 1. The summed E-state index contributed by atoms with van der Waals surface area (Å²) in [5, 5.41) is 10.3. The van der Waals surface area contributed by atoms with Crippen molar-refractivity contribution in [2.45, 2.75) is 19.9 Å². The van der Waals surface area contributed by atoms with Crippen molar-refractivity contribution < 1.29 is 9.32 Å². The van der Waals surface area contributed by atoms with Crippen molar-refractivity contribution in [1.82, 2.24) is 15.5 Å². The van der Waals surface area contributed by atoms with Gasteiger partial charge in [0.15, 0.2) is 10.8 Å². The molecule has 0 saturated carbocycles. The molecule has 1 aliphatic rings. The molecule has 102 valence electrons. The van der Waals surface area contributed by atoms with Crippen molar-refractivity contribution in [2.75, 3.05) is 11.9 Å². The zero-order valence-electron chi connectivity index (χ0n) is 10.2. The fourth-order valence-electron chi connectivity index (χ4n) is 1.81.